The summed E-state index contributed by atoms with van der Waals surface area (Å²) in [6.45, 7) is 12.0. The number of nitrogens with zero attached hydrogens (tertiary/aromatic N) is 2. The molecule has 7 nitrogen and oxygen atoms in total. The lowest BCUT2D eigenvalue weighted by molar-refractivity contribution is -0.192. The molecule has 3 rings (SSSR count). The van der Waals surface area contributed by atoms with E-state index in [0.717, 1.165) is 50.6 Å². The summed E-state index contributed by atoms with van der Waals surface area (Å²) in [5.74, 6) is -1.22. The van der Waals surface area contributed by atoms with Crippen molar-refractivity contribution in [3.8, 4) is 0 Å². The molecule has 2 aliphatic rings. The lowest BCUT2D eigenvalue weighted by Crippen LogP contribution is -2.43. The number of aliphatic carboxylic acids is 1. The number of halogens is 3. The molecule has 2 fully saturated rings. The molecule has 0 radical (unpaired) electrons. The van der Waals surface area contributed by atoms with Gasteiger partial charge in [0.2, 0.25) is 0 Å². The van der Waals surface area contributed by atoms with Crippen LogP contribution in [0.1, 0.15) is 50.1 Å². The Morgan fingerprint density at radius 2 is 1.97 bits per heavy atom. The van der Waals surface area contributed by atoms with Crippen molar-refractivity contribution in [1.29, 1.82) is 0 Å². The first kappa shape index (κ1) is 24.6. The Hall–Kier alpha value is -1.65. The Labute approximate surface area is 174 Å². The summed E-state index contributed by atoms with van der Waals surface area (Å²) in [4.78, 5) is 11.4. The second-order valence-electron chi connectivity index (χ2n) is 8.24. The van der Waals surface area contributed by atoms with Gasteiger partial charge in [-0.15, -0.1) is 0 Å². The predicted octanol–water partition coefficient (Wildman–Crippen LogP) is 3.72. The minimum atomic E-state index is -5.08. The van der Waals surface area contributed by atoms with E-state index in [1.54, 1.807) is 0 Å². The number of hydrogen-bond donors (Lipinski definition) is 1. The van der Waals surface area contributed by atoms with Crippen LogP contribution in [-0.2, 0) is 20.8 Å². The molecule has 0 aromatic carbocycles. The van der Waals surface area contributed by atoms with Gasteiger partial charge in [-0.2, -0.15) is 13.2 Å². The van der Waals surface area contributed by atoms with Gasteiger partial charge >= 0.3 is 12.1 Å². The van der Waals surface area contributed by atoms with Crippen LogP contribution in [0.3, 0.4) is 0 Å². The Morgan fingerprint density at radius 1 is 1.30 bits per heavy atom. The van der Waals surface area contributed by atoms with E-state index in [-0.39, 0.29) is 6.10 Å². The van der Waals surface area contributed by atoms with Crippen LogP contribution in [0, 0.1) is 19.8 Å². The number of rotatable bonds is 6. The molecule has 3 atom stereocenters. The molecule has 2 aliphatic heterocycles. The lowest BCUT2D eigenvalue weighted by atomic mass is 9.99. The number of fused-ring (bicyclic) bond motifs is 1. The standard InChI is InChI=1S/C18H30N2O3.C2HF3O2/c1-12(2)10-21-11-15-5-6-17-18(22-15)7-8-20(17)9-16-13(3)19-23-14(16)4;3-2(4,5)1(6)7/h12,15,17-18H,5-11H2,1-4H3;(H,6,7)/t15-,17-,18-;/m0./s1. The van der Waals surface area contributed by atoms with Crippen LogP contribution in [0.5, 0.6) is 0 Å². The minimum absolute atomic E-state index is 0.272. The number of aryl methyl sites for hydroxylation is 2. The van der Waals surface area contributed by atoms with E-state index in [2.05, 4.69) is 23.9 Å². The fourth-order valence-corrected chi connectivity index (χ4v) is 3.77. The largest absolute Gasteiger partial charge is 0.490 e. The van der Waals surface area contributed by atoms with Crippen molar-refractivity contribution in [1.82, 2.24) is 10.1 Å². The number of carboxylic acid groups (broad SMARTS) is 1. The number of aromatic nitrogens is 1. The molecule has 3 heterocycles. The summed E-state index contributed by atoms with van der Waals surface area (Å²) >= 11 is 0. The molecule has 0 spiro atoms. The van der Waals surface area contributed by atoms with Gasteiger partial charge in [-0.1, -0.05) is 19.0 Å². The number of ether oxygens (including phenoxy) is 2. The van der Waals surface area contributed by atoms with Crippen LogP contribution < -0.4 is 0 Å². The fraction of sp³-hybridized carbons (Fsp3) is 0.800. The number of hydrogen-bond acceptors (Lipinski definition) is 6. The Morgan fingerprint density at radius 3 is 2.50 bits per heavy atom. The summed E-state index contributed by atoms with van der Waals surface area (Å²) in [6, 6.07) is 0.532. The second kappa shape index (κ2) is 10.6. The van der Waals surface area contributed by atoms with Crippen molar-refractivity contribution >= 4 is 5.97 Å². The van der Waals surface area contributed by atoms with E-state index in [1.807, 2.05) is 13.8 Å². The van der Waals surface area contributed by atoms with Crippen molar-refractivity contribution in [2.75, 3.05) is 19.8 Å². The molecule has 10 heteroatoms. The number of carbonyl (C=O) groups is 1. The van der Waals surface area contributed by atoms with E-state index >= 15 is 0 Å². The molecule has 30 heavy (non-hydrogen) atoms. The molecular weight excluding hydrogens is 405 g/mol. The fourth-order valence-electron chi connectivity index (χ4n) is 3.77. The summed E-state index contributed by atoms with van der Waals surface area (Å²) < 4.78 is 49.1. The highest BCUT2D eigenvalue weighted by molar-refractivity contribution is 5.73. The lowest BCUT2D eigenvalue weighted by Gasteiger charge is -2.36. The van der Waals surface area contributed by atoms with Crippen LogP contribution in [0.25, 0.3) is 0 Å². The van der Waals surface area contributed by atoms with Crippen LogP contribution in [0.15, 0.2) is 4.52 Å². The summed E-state index contributed by atoms with van der Waals surface area (Å²) in [6.07, 6.45) is -1.04. The molecule has 0 aliphatic carbocycles. The molecule has 0 unspecified atom stereocenters. The Balaban J connectivity index is 0.000000396. The van der Waals surface area contributed by atoms with Gasteiger partial charge in [-0.25, -0.2) is 4.79 Å². The van der Waals surface area contributed by atoms with Gasteiger partial charge in [0, 0.05) is 31.3 Å². The predicted molar refractivity (Wildman–Crippen MR) is 102 cm³/mol. The van der Waals surface area contributed by atoms with Gasteiger partial charge in [-0.05, 0) is 39.0 Å². The average molecular weight is 436 g/mol. The Kier molecular flexibility index (Phi) is 8.69. The molecule has 1 aromatic rings. The van der Waals surface area contributed by atoms with Gasteiger partial charge in [0.15, 0.2) is 0 Å². The number of alkyl halides is 3. The maximum absolute atomic E-state index is 10.6. The van der Waals surface area contributed by atoms with E-state index in [4.69, 9.17) is 23.9 Å². The molecule has 1 N–H and O–H groups in total. The molecule has 0 amide bonds. The molecule has 2 saturated heterocycles. The minimum Gasteiger partial charge on any atom is -0.475 e. The van der Waals surface area contributed by atoms with E-state index in [9.17, 15) is 13.2 Å². The third-order valence-electron chi connectivity index (χ3n) is 5.29. The number of likely N-dealkylation sites (tertiary alicyclic amines) is 1. The van der Waals surface area contributed by atoms with Gasteiger partial charge in [-0.3, -0.25) is 4.90 Å². The maximum Gasteiger partial charge on any atom is 0.490 e. The molecule has 0 bridgehead atoms. The zero-order chi connectivity index (χ0) is 22.5. The zero-order valence-corrected chi connectivity index (χ0v) is 17.9. The quantitative estimate of drug-likeness (QED) is 0.728. The summed E-state index contributed by atoms with van der Waals surface area (Å²) in [5.41, 5.74) is 2.26. The van der Waals surface area contributed by atoms with Crippen LogP contribution in [0.4, 0.5) is 13.2 Å². The van der Waals surface area contributed by atoms with Crippen molar-refractivity contribution < 1.29 is 37.1 Å². The van der Waals surface area contributed by atoms with E-state index < -0.39 is 12.1 Å². The monoisotopic (exact) mass is 436 g/mol. The van der Waals surface area contributed by atoms with Crippen LogP contribution in [-0.4, -0.2) is 65.3 Å². The first-order valence-electron chi connectivity index (χ1n) is 10.2. The van der Waals surface area contributed by atoms with Crippen LogP contribution >= 0.6 is 0 Å². The van der Waals surface area contributed by atoms with Gasteiger partial charge in [0.1, 0.15) is 5.76 Å². The molecule has 172 valence electrons. The third-order valence-corrected chi connectivity index (χ3v) is 5.29. The first-order chi connectivity index (χ1) is 14.0. The van der Waals surface area contributed by atoms with Crippen molar-refractivity contribution in [3.05, 3.63) is 17.0 Å². The molecule has 0 saturated carbocycles. The van der Waals surface area contributed by atoms with Crippen molar-refractivity contribution in [3.63, 3.8) is 0 Å². The third kappa shape index (κ3) is 6.95. The highest BCUT2D eigenvalue weighted by atomic mass is 19.4. The van der Waals surface area contributed by atoms with Crippen molar-refractivity contribution in [2.24, 2.45) is 5.92 Å². The smallest absolute Gasteiger partial charge is 0.475 e. The van der Waals surface area contributed by atoms with Crippen molar-refractivity contribution in [2.45, 2.75) is 77.9 Å². The first-order valence-corrected chi connectivity index (χ1v) is 10.2. The second-order valence-corrected chi connectivity index (χ2v) is 8.24. The van der Waals surface area contributed by atoms with Crippen LogP contribution in [0.2, 0.25) is 0 Å². The highest BCUT2D eigenvalue weighted by Gasteiger charge is 2.40. The summed E-state index contributed by atoms with van der Waals surface area (Å²) in [5, 5.41) is 11.2. The van der Waals surface area contributed by atoms with Gasteiger partial charge < -0.3 is 19.1 Å². The highest BCUT2D eigenvalue weighted by Crippen LogP contribution is 2.33. The van der Waals surface area contributed by atoms with Gasteiger partial charge in [0.25, 0.3) is 0 Å². The van der Waals surface area contributed by atoms with E-state index in [0.29, 0.717) is 18.1 Å². The average Bonchev–Trinajstić information content (AvgIpc) is 3.19. The summed E-state index contributed by atoms with van der Waals surface area (Å²) in [7, 11) is 0. The topological polar surface area (TPSA) is 85.0 Å². The molecule has 1 aromatic heterocycles. The van der Waals surface area contributed by atoms with E-state index in [1.165, 1.54) is 12.0 Å². The van der Waals surface area contributed by atoms with Gasteiger partial charge in [0.05, 0.1) is 24.5 Å². The molecular formula is C20H31F3N2O5. The maximum atomic E-state index is 10.6. The SMILES string of the molecule is Cc1noc(C)c1CN1CC[C@@H]2O[C@H](COCC(C)C)CC[C@@H]21.O=C(O)C(F)(F)F. The normalized spacial score (nSPS) is 24.5. The zero-order valence-electron chi connectivity index (χ0n) is 17.9. The Bertz CT molecular complexity index is 673. The number of carboxylic acids is 1.